The Kier molecular flexibility index (Phi) is 3.78. The summed E-state index contributed by atoms with van der Waals surface area (Å²) in [6.45, 7) is 4.43. The van der Waals surface area contributed by atoms with E-state index in [-0.39, 0.29) is 11.4 Å². The van der Waals surface area contributed by atoms with Gasteiger partial charge < -0.3 is 15.2 Å². The van der Waals surface area contributed by atoms with E-state index >= 15 is 0 Å². The fourth-order valence-corrected chi connectivity index (χ4v) is 2.35. The second kappa shape index (κ2) is 5.31. The van der Waals surface area contributed by atoms with Crippen LogP contribution in [0.3, 0.4) is 0 Å². The van der Waals surface area contributed by atoms with Crippen LogP contribution in [-0.2, 0) is 11.3 Å². The quantitative estimate of drug-likeness (QED) is 0.784. The van der Waals surface area contributed by atoms with Crippen molar-refractivity contribution in [3.63, 3.8) is 0 Å². The van der Waals surface area contributed by atoms with Crippen LogP contribution in [0.1, 0.15) is 26.2 Å². The molecule has 1 unspecified atom stereocenters. The lowest BCUT2D eigenvalue weighted by molar-refractivity contribution is -0.127. The van der Waals surface area contributed by atoms with E-state index in [4.69, 9.17) is 0 Å². The van der Waals surface area contributed by atoms with Gasteiger partial charge >= 0.3 is 0 Å². The second-order valence-corrected chi connectivity index (χ2v) is 4.52. The average molecular weight is 236 g/mol. The molecule has 0 aliphatic carbocycles. The Morgan fingerprint density at radius 3 is 3.12 bits per heavy atom. The molecule has 1 aliphatic rings. The highest BCUT2D eigenvalue weighted by atomic mass is 16.2. The number of imidazole rings is 1. The smallest absolute Gasteiger partial charge is 0.240 e. The molecular weight excluding hydrogens is 216 g/mol. The first-order chi connectivity index (χ1) is 8.27. The van der Waals surface area contributed by atoms with Crippen molar-refractivity contribution in [2.24, 2.45) is 0 Å². The van der Waals surface area contributed by atoms with E-state index in [2.05, 4.69) is 22.5 Å². The number of amides is 1. The zero-order chi connectivity index (χ0) is 12.1. The van der Waals surface area contributed by atoms with Crippen LogP contribution in [-0.4, -0.2) is 34.1 Å². The van der Waals surface area contributed by atoms with Crippen LogP contribution in [0.25, 0.3) is 0 Å². The van der Waals surface area contributed by atoms with Gasteiger partial charge in [0.15, 0.2) is 0 Å². The van der Waals surface area contributed by atoms with Crippen LogP contribution in [0.4, 0.5) is 0 Å². The minimum absolute atomic E-state index is 0.137. The third kappa shape index (κ3) is 2.66. The first-order valence-electron chi connectivity index (χ1n) is 6.26. The maximum Gasteiger partial charge on any atom is 0.240 e. The Bertz CT molecular complexity index is 355. The average Bonchev–Trinajstić information content (AvgIpc) is 3.00. The number of nitrogens with one attached hydrogen (secondary N) is 2. The molecule has 1 aliphatic heterocycles. The molecule has 5 heteroatoms. The molecule has 1 amide bonds. The number of hydrogen-bond acceptors (Lipinski definition) is 3. The van der Waals surface area contributed by atoms with Gasteiger partial charge in [-0.2, -0.15) is 0 Å². The number of carbonyl (C=O) groups excluding carboxylic acids is 1. The largest absolute Gasteiger partial charge is 0.353 e. The van der Waals surface area contributed by atoms with Crippen LogP contribution in [0.5, 0.6) is 0 Å². The fourth-order valence-electron chi connectivity index (χ4n) is 2.35. The van der Waals surface area contributed by atoms with Crippen LogP contribution >= 0.6 is 0 Å². The lowest BCUT2D eigenvalue weighted by Crippen LogP contribution is -2.53. The summed E-state index contributed by atoms with van der Waals surface area (Å²) in [5.74, 6) is 0.137. The van der Waals surface area contributed by atoms with Crippen molar-refractivity contribution in [2.75, 3.05) is 13.1 Å². The molecule has 0 bridgehead atoms. The second-order valence-electron chi connectivity index (χ2n) is 4.52. The Morgan fingerprint density at radius 1 is 1.65 bits per heavy atom. The van der Waals surface area contributed by atoms with E-state index in [0.29, 0.717) is 6.54 Å². The van der Waals surface area contributed by atoms with Gasteiger partial charge in [-0.05, 0) is 25.8 Å². The van der Waals surface area contributed by atoms with Crippen LogP contribution in [0.2, 0.25) is 0 Å². The maximum absolute atomic E-state index is 12.1. The molecule has 1 aromatic heterocycles. The maximum atomic E-state index is 12.1. The Hall–Kier alpha value is -1.36. The summed E-state index contributed by atoms with van der Waals surface area (Å²) in [4.78, 5) is 16.1. The van der Waals surface area contributed by atoms with Gasteiger partial charge in [0.1, 0.15) is 0 Å². The molecule has 2 heterocycles. The number of carbonyl (C=O) groups is 1. The third-order valence-electron chi connectivity index (χ3n) is 3.50. The summed E-state index contributed by atoms with van der Waals surface area (Å²) in [7, 11) is 0. The van der Waals surface area contributed by atoms with Gasteiger partial charge in [0.2, 0.25) is 5.91 Å². The zero-order valence-electron chi connectivity index (χ0n) is 10.3. The van der Waals surface area contributed by atoms with Crippen molar-refractivity contribution in [1.82, 2.24) is 20.2 Å². The van der Waals surface area contributed by atoms with Gasteiger partial charge in [0.25, 0.3) is 0 Å². The molecule has 0 aromatic carbocycles. The summed E-state index contributed by atoms with van der Waals surface area (Å²) in [6, 6.07) is 0. The molecule has 1 saturated heterocycles. The molecule has 1 aromatic rings. The molecule has 0 spiro atoms. The molecule has 1 fully saturated rings. The van der Waals surface area contributed by atoms with E-state index in [1.165, 1.54) is 0 Å². The lowest BCUT2D eigenvalue weighted by atomic mass is 9.93. The topological polar surface area (TPSA) is 59.0 Å². The highest BCUT2D eigenvalue weighted by molar-refractivity contribution is 5.86. The minimum atomic E-state index is -0.324. The van der Waals surface area contributed by atoms with Crippen molar-refractivity contribution in [2.45, 2.75) is 38.3 Å². The molecule has 0 saturated carbocycles. The van der Waals surface area contributed by atoms with Crippen LogP contribution in [0.15, 0.2) is 18.7 Å². The molecule has 0 radical (unpaired) electrons. The van der Waals surface area contributed by atoms with Gasteiger partial charge in [-0.1, -0.05) is 6.92 Å². The number of aromatic nitrogens is 2. The van der Waals surface area contributed by atoms with E-state index in [1.54, 1.807) is 12.5 Å². The Labute approximate surface area is 102 Å². The predicted molar refractivity (Wildman–Crippen MR) is 65.5 cm³/mol. The standard InChI is InChI=1S/C12H20N4O/c1-2-12(4-3-5-15-12)11(17)14-7-9-16-8-6-13-10-16/h6,8,10,15H,2-5,7,9H2,1H3,(H,14,17). The fraction of sp³-hybridized carbons (Fsp3) is 0.667. The van der Waals surface area contributed by atoms with Crippen molar-refractivity contribution >= 4 is 5.91 Å². The molecular formula is C12H20N4O. The molecule has 1 atom stereocenters. The van der Waals surface area contributed by atoms with E-state index in [0.717, 1.165) is 32.4 Å². The van der Waals surface area contributed by atoms with E-state index in [1.807, 2.05) is 10.8 Å². The molecule has 5 nitrogen and oxygen atoms in total. The van der Waals surface area contributed by atoms with Crippen molar-refractivity contribution in [1.29, 1.82) is 0 Å². The highest BCUT2D eigenvalue weighted by Crippen LogP contribution is 2.22. The van der Waals surface area contributed by atoms with Crippen molar-refractivity contribution in [3.05, 3.63) is 18.7 Å². The summed E-state index contributed by atoms with van der Waals surface area (Å²) in [5, 5.41) is 6.34. The van der Waals surface area contributed by atoms with E-state index < -0.39 is 0 Å². The summed E-state index contributed by atoms with van der Waals surface area (Å²) in [5.41, 5.74) is -0.324. The van der Waals surface area contributed by atoms with E-state index in [9.17, 15) is 4.79 Å². The normalized spacial score (nSPS) is 23.8. The van der Waals surface area contributed by atoms with Gasteiger partial charge in [0.05, 0.1) is 11.9 Å². The first kappa shape index (κ1) is 12.1. The summed E-state index contributed by atoms with van der Waals surface area (Å²) in [6.07, 6.45) is 8.28. The number of nitrogens with zero attached hydrogens (tertiary/aromatic N) is 2. The van der Waals surface area contributed by atoms with Crippen LogP contribution < -0.4 is 10.6 Å². The van der Waals surface area contributed by atoms with Crippen molar-refractivity contribution < 1.29 is 4.79 Å². The first-order valence-corrected chi connectivity index (χ1v) is 6.26. The van der Waals surface area contributed by atoms with Gasteiger partial charge in [-0.25, -0.2) is 4.98 Å². The monoisotopic (exact) mass is 236 g/mol. The van der Waals surface area contributed by atoms with Gasteiger partial charge in [0, 0.05) is 25.5 Å². The molecule has 2 rings (SSSR count). The lowest BCUT2D eigenvalue weighted by Gasteiger charge is -2.26. The molecule has 2 N–H and O–H groups in total. The summed E-state index contributed by atoms with van der Waals surface area (Å²) >= 11 is 0. The third-order valence-corrected chi connectivity index (χ3v) is 3.50. The predicted octanol–water partition coefficient (Wildman–Crippen LogP) is 0.531. The highest BCUT2D eigenvalue weighted by Gasteiger charge is 2.38. The Morgan fingerprint density at radius 2 is 2.53 bits per heavy atom. The SMILES string of the molecule is CCC1(C(=O)NCCn2ccnc2)CCCN1. The minimum Gasteiger partial charge on any atom is -0.353 e. The Balaban J connectivity index is 1.80. The van der Waals surface area contributed by atoms with Gasteiger partial charge in [-0.3, -0.25) is 4.79 Å². The van der Waals surface area contributed by atoms with Crippen LogP contribution in [0, 0.1) is 0 Å². The zero-order valence-corrected chi connectivity index (χ0v) is 10.3. The molecule has 94 valence electrons. The molecule has 17 heavy (non-hydrogen) atoms. The number of rotatable bonds is 5. The number of hydrogen-bond donors (Lipinski definition) is 2. The van der Waals surface area contributed by atoms with Gasteiger partial charge in [-0.15, -0.1) is 0 Å². The van der Waals surface area contributed by atoms with Crippen molar-refractivity contribution in [3.8, 4) is 0 Å². The summed E-state index contributed by atoms with van der Waals surface area (Å²) < 4.78 is 1.96.